The van der Waals surface area contributed by atoms with Crippen molar-refractivity contribution in [1.29, 1.82) is 0 Å². The molecule has 5 nitrogen and oxygen atoms in total. The van der Waals surface area contributed by atoms with Gasteiger partial charge in [0.05, 0.1) is 17.3 Å². The Morgan fingerprint density at radius 3 is 2.62 bits per heavy atom. The maximum absolute atomic E-state index is 12.4. The lowest BCUT2D eigenvalue weighted by molar-refractivity contribution is -0.122. The molecule has 24 heavy (non-hydrogen) atoms. The molecule has 1 fully saturated rings. The van der Waals surface area contributed by atoms with Crippen LogP contribution in [0.4, 0.5) is 0 Å². The molecule has 1 atom stereocenters. The second-order valence-corrected chi connectivity index (χ2v) is 6.85. The molecule has 126 valence electrons. The SMILES string of the molecule is Cc1ccc(C(NC(=O)Cn2ncc(Cl)c(Cl)c2=O)C2CC2)cc1. The van der Waals surface area contributed by atoms with Crippen LogP contribution in [0.15, 0.2) is 35.3 Å². The van der Waals surface area contributed by atoms with Crippen molar-refractivity contribution in [3.05, 3.63) is 62.0 Å². The average Bonchev–Trinajstić information content (AvgIpc) is 3.39. The molecule has 1 amide bonds. The van der Waals surface area contributed by atoms with Gasteiger partial charge >= 0.3 is 0 Å². The first-order chi connectivity index (χ1) is 11.5. The standard InChI is InChI=1S/C17H17Cl2N3O2/c1-10-2-4-11(5-3-10)16(12-6-7-12)21-14(23)9-22-17(24)15(19)13(18)8-20-22/h2-5,8,12,16H,6-7,9H2,1H3,(H,21,23). The third-order valence-electron chi connectivity index (χ3n) is 4.08. The normalized spacial score (nSPS) is 15.1. The monoisotopic (exact) mass is 365 g/mol. The molecule has 3 rings (SSSR count). The lowest BCUT2D eigenvalue weighted by Gasteiger charge is -2.19. The maximum atomic E-state index is 12.4. The second-order valence-electron chi connectivity index (χ2n) is 6.06. The summed E-state index contributed by atoms with van der Waals surface area (Å²) in [6, 6.07) is 8.07. The number of benzene rings is 1. The number of nitrogens with one attached hydrogen (secondary N) is 1. The summed E-state index contributed by atoms with van der Waals surface area (Å²) in [5, 5.41) is 6.82. The summed E-state index contributed by atoms with van der Waals surface area (Å²) < 4.78 is 1.02. The number of nitrogens with zero attached hydrogens (tertiary/aromatic N) is 2. The van der Waals surface area contributed by atoms with E-state index in [4.69, 9.17) is 23.2 Å². The molecular weight excluding hydrogens is 349 g/mol. The van der Waals surface area contributed by atoms with Crippen LogP contribution in [0.3, 0.4) is 0 Å². The summed E-state index contributed by atoms with van der Waals surface area (Å²) in [6.45, 7) is 1.83. The van der Waals surface area contributed by atoms with Crippen LogP contribution < -0.4 is 10.9 Å². The van der Waals surface area contributed by atoms with E-state index in [9.17, 15) is 9.59 Å². The summed E-state index contributed by atoms with van der Waals surface area (Å²) in [4.78, 5) is 24.3. The van der Waals surface area contributed by atoms with E-state index in [1.165, 1.54) is 11.8 Å². The minimum absolute atomic E-state index is 0.0448. The van der Waals surface area contributed by atoms with Gasteiger partial charge in [-0.2, -0.15) is 5.10 Å². The van der Waals surface area contributed by atoms with E-state index >= 15 is 0 Å². The van der Waals surface area contributed by atoms with E-state index in [0.29, 0.717) is 5.92 Å². The number of halogens is 2. The highest BCUT2D eigenvalue weighted by Gasteiger charge is 2.33. The molecule has 7 heteroatoms. The van der Waals surface area contributed by atoms with Crippen LogP contribution in [0.1, 0.15) is 30.0 Å². The fourth-order valence-electron chi connectivity index (χ4n) is 2.59. The summed E-state index contributed by atoms with van der Waals surface area (Å²) in [6.07, 6.45) is 3.44. The zero-order chi connectivity index (χ0) is 17.3. The predicted octanol–water partition coefficient (Wildman–Crippen LogP) is 3.13. The summed E-state index contributed by atoms with van der Waals surface area (Å²) in [5.41, 5.74) is 1.68. The Kier molecular flexibility index (Phi) is 4.92. The fourth-order valence-corrected chi connectivity index (χ4v) is 2.86. The largest absolute Gasteiger partial charge is 0.347 e. The molecule has 0 aliphatic heterocycles. The number of aryl methyl sites for hydroxylation is 1. The topological polar surface area (TPSA) is 64.0 Å². The molecule has 2 aromatic rings. The van der Waals surface area contributed by atoms with Crippen molar-refractivity contribution < 1.29 is 4.79 Å². The zero-order valence-corrected chi connectivity index (χ0v) is 14.6. The molecule has 1 aromatic carbocycles. The quantitative estimate of drug-likeness (QED) is 0.884. The van der Waals surface area contributed by atoms with E-state index in [1.807, 2.05) is 31.2 Å². The number of carbonyl (C=O) groups is 1. The molecule has 0 bridgehead atoms. The van der Waals surface area contributed by atoms with Gasteiger partial charge in [0.25, 0.3) is 5.56 Å². The van der Waals surface area contributed by atoms with Gasteiger partial charge in [0.2, 0.25) is 5.91 Å². The van der Waals surface area contributed by atoms with E-state index in [1.54, 1.807) is 0 Å². The van der Waals surface area contributed by atoms with Gasteiger partial charge in [0.1, 0.15) is 11.6 Å². The van der Waals surface area contributed by atoms with E-state index in [-0.39, 0.29) is 28.5 Å². The highest BCUT2D eigenvalue weighted by atomic mass is 35.5. The zero-order valence-electron chi connectivity index (χ0n) is 13.1. The Hall–Kier alpha value is -1.85. The molecule has 1 N–H and O–H groups in total. The van der Waals surface area contributed by atoms with Crippen molar-refractivity contribution in [3.8, 4) is 0 Å². The lowest BCUT2D eigenvalue weighted by atomic mass is 10.0. The highest BCUT2D eigenvalue weighted by Crippen LogP contribution is 2.41. The number of amides is 1. The van der Waals surface area contributed by atoms with Gasteiger partial charge in [-0.3, -0.25) is 9.59 Å². The lowest BCUT2D eigenvalue weighted by Crippen LogP contribution is -2.36. The number of hydrogen-bond acceptors (Lipinski definition) is 3. The molecule has 1 heterocycles. The Morgan fingerprint density at radius 2 is 2.00 bits per heavy atom. The van der Waals surface area contributed by atoms with Crippen molar-refractivity contribution in [2.24, 2.45) is 5.92 Å². The molecule has 0 radical (unpaired) electrons. The summed E-state index contributed by atoms with van der Waals surface area (Å²) >= 11 is 11.5. The fraction of sp³-hybridized carbons (Fsp3) is 0.353. The molecule has 1 aliphatic rings. The van der Waals surface area contributed by atoms with Crippen molar-refractivity contribution in [2.45, 2.75) is 32.4 Å². The maximum Gasteiger partial charge on any atom is 0.287 e. The van der Waals surface area contributed by atoms with Gasteiger partial charge in [-0.1, -0.05) is 53.0 Å². The molecule has 1 aliphatic carbocycles. The molecule has 0 spiro atoms. The minimum atomic E-state index is -0.572. The van der Waals surface area contributed by atoms with Crippen molar-refractivity contribution in [2.75, 3.05) is 0 Å². The average molecular weight is 366 g/mol. The van der Waals surface area contributed by atoms with Crippen LogP contribution in [0, 0.1) is 12.8 Å². The molecule has 1 saturated carbocycles. The predicted molar refractivity (Wildman–Crippen MR) is 93.3 cm³/mol. The van der Waals surface area contributed by atoms with Crippen molar-refractivity contribution in [3.63, 3.8) is 0 Å². The van der Waals surface area contributed by atoms with Crippen LogP contribution in [0.5, 0.6) is 0 Å². The van der Waals surface area contributed by atoms with Gasteiger partial charge in [-0.25, -0.2) is 4.68 Å². The van der Waals surface area contributed by atoms with Gasteiger partial charge < -0.3 is 5.32 Å². The Balaban J connectivity index is 1.74. The van der Waals surface area contributed by atoms with E-state index < -0.39 is 5.56 Å². The number of carbonyl (C=O) groups excluding carboxylic acids is 1. The van der Waals surface area contributed by atoms with E-state index in [2.05, 4.69) is 10.4 Å². The highest BCUT2D eigenvalue weighted by molar-refractivity contribution is 6.41. The third kappa shape index (κ3) is 3.79. The van der Waals surface area contributed by atoms with Crippen LogP contribution in [-0.4, -0.2) is 15.7 Å². The van der Waals surface area contributed by atoms with E-state index in [0.717, 1.165) is 23.1 Å². The van der Waals surface area contributed by atoms with Gasteiger partial charge in [0.15, 0.2) is 0 Å². The Labute approximate surface area is 149 Å². The third-order valence-corrected chi connectivity index (χ3v) is 4.83. The second kappa shape index (κ2) is 6.95. The van der Waals surface area contributed by atoms with Gasteiger partial charge in [-0.05, 0) is 31.2 Å². The molecular formula is C17H17Cl2N3O2. The molecule has 1 aromatic heterocycles. The van der Waals surface area contributed by atoms with Gasteiger partial charge in [-0.15, -0.1) is 0 Å². The summed E-state index contributed by atoms with van der Waals surface area (Å²) in [5.74, 6) is 0.163. The van der Waals surface area contributed by atoms with Crippen LogP contribution in [0.25, 0.3) is 0 Å². The van der Waals surface area contributed by atoms with Crippen molar-refractivity contribution in [1.82, 2.24) is 15.1 Å². The number of aromatic nitrogens is 2. The van der Waals surface area contributed by atoms with Crippen LogP contribution >= 0.6 is 23.2 Å². The van der Waals surface area contributed by atoms with Crippen LogP contribution in [0.2, 0.25) is 10.0 Å². The van der Waals surface area contributed by atoms with Gasteiger partial charge in [0, 0.05) is 0 Å². The first-order valence-electron chi connectivity index (χ1n) is 7.73. The molecule has 1 unspecified atom stereocenters. The Morgan fingerprint density at radius 1 is 1.33 bits per heavy atom. The minimum Gasteiger partial charge on any atom is -0.347 e. The first kappa shape index (κ1) is 17.0. The Bertz CT molecular complexity index is 814. The molecule has 0 saturated heterocycles. The first-order valence-corrected chi connectivity index (χ1v) is 8.48. The smallest absolute Gasteiger partial charge is 0.287 e. The van der Waals surface area contributed by atoms with Crippen molar-refractivity contribution >= 4 is 29.1 Å². The number of hydrogen-bond donors (Lipinski definition) is 1. The number of rotatable bonds is 5. The summed E-state index contributed by atoms with van der Waals surface area (Å²) in [7, 11) is 0. The van der Waals surface area contributed by atoms with Crippen LogP contribution in [-0.2, 0) is 11.3 Å².